The summed E-state index contributed by atoms with van der Waals surface area (Å²) in [5.74, 6) is 1.20. The number of rotatable bonds is 7. The molecule has 0 atom stereocenters. The maximum atomic E-state index is 5.47. The van der Waals surface area contributed by atoms with Crippen LogP contribution >= 0.6 is 0 Å². The third-order valence-electron chi connectivity index (χ3n) is 4.11. The zero-order chi connectivity index (χ0) is 14.4. The van der Waals surface area contributed by atoms with Crippen LogP contribution in [0.1, 0.15) is 19.3 Å². The van der Waals surface area contributed by atoms with Crippen molar-refractivity contribution >= 4 is 14.8 Å². The molecule has 0 aromatic carbocycles. The van der Waals surface area contributed by atoms with Crippen LogP contribution in [-0.2, 0) is 13.3 Å². The van der Waals surface area contributed by atoms with Gasteiger partial charge in [-0.2, -0.15) is 0 Å². The Morgan fingerprint density at radius 2 is 1.75 bits per heavy atom. The molecule has 0 unspecified atom stereocenters. The topological polar surface area (TPSA) is 46.5 Å². The molecule has 2 aliphatic heterocycles. The number of hydrogen-bond acceptors (Lipinski definition) is 6. The summed E-state index contributed by atoms with van der Waals surface area (Å²) in [5, 5.41) is 0. The van der Waals surface area contributed by atoms with Crippen molar-refractivity contribution in [2.75, 3.05) is 54.1 Å². The summed E-state index contributed by atoms with van der Waals surface area (Å²) in [4.78, 5) is 9.52. The van der Waals surface area contributed by atoms with Gasteiger partial charge in [0.25, 0.3) is 0 Å². The molecule has 0 aromatic rings. The van der Waals surface area contributed by atoms with Crippen LogP contribution in [0.5, 0.6) is 0 Å². The number of aliphatic imine (C=N–C) groups is 1. The summed E-state index contributed by atoms with van der Waals surface area (Å²) in [6, 6.07) is 0.848. The molecule has 20 heavy (non-hydrogen) atoms. The third-order valence-corrected chi connectivity index (χ3v) is 6.94. The van der Waals surface area contributed by atoms with Gasteiger partial charge >= 0.3 is 8.80 Å². The Labute approximate surface area is 123 Å². The number of hydrogen-bond donors (Lipinski definition) is 0. The minimum Gasteiger partial charge on any atom is -0.377 e. The van der Waals surface area contributed by atoms with Crippen LogP contribution in [0, 0.1) is 0 Å². The summed E-state index contributed by atoms with van der Waals surface area (Å²) in [5.41, 5.74) is 0. The van der Waals surface area contributed by atoms with Crippen LogP contribution < -0.4 is 0 Å². The first kappa shape index (κ1) is 15.8. The molecule has 1 saturated heterocycles. The minimum absolute atomic E-state index is 0.848. The van der Waals surface area contributed by atoms with Crippen LogP contribution in [0.15, 0.2) is 4.99 Å². The smallest absolute Gasteiger partial charge is 0.377 e. The van der Waals surface area contributed by atoms with Crippen molar-refractivity contribution in [1.82, 2.24) is 9.80 Å². The second-order valence-corrected chi connectivity index (χ2v) is 8.35. The fourth-order valence-electron chi connectivity index (χ4n) is 2.96. The van der Waals surface area contributed by atoms with E-state index in [-0.39, 0.29) is 0 Å². The molecule has 0 spiro atoms. The van der Waals surface area contributed by atoms with Crippen molar-refractivity contribution in [3.63, 3.8) is 0 Å². The molecule has 2 aliphatic rings. The lowest BCUT2D eigenvalue weighted by Gasteiger charge is -2.41. The Hall–Kier alpha value is -0.633. The Kier molecular flexibility index (Phi) is 5.82. The van der Waals surface area contributed by atoms with E-state index in [0.717, 1.165) is 45.2 Å². The average molecular weight is 301 g/mol. The molecule has 6 nitrogen and oxygen atoms in total. The molecular weight excluding hydrogens is 274 g/mol. The van der Waals surface area contributed by atoms with Crippen LogP contribution in [0.2, 0.25) is 6.04 Å². The molecule has 116 valence electrons. The zero-order valence-electron chi connectivity index (χ0n) is 12.9. The molecule has 2 rings (SSSR count). The molecule has 0 amide bonds. The second kappa shape index (κ2) is 7.40. The van der Waals surface area contributed by atoms with E-state index in [0.29, 0.717) is 0 Å². The third kappa shape index (κ3) is 3.52. The Balaban J connectivity index is 1.85. The standard InChI is InChI=1S/C13H27N3O3Si/c1-17-20(18-2,19-3)12-6-11-16-10-5-9-15-8-4-7-14-13(15)16/h4-12H2,1-3H3. The van der Waals surface area contributed by atoms with Crippen molar-refractivity contribution in [3.8, 4) is 0 Å². The quantitative estimate of drug-likeness (QED) is 0.657. The maximum absolute atomic E-state index is 5.47. The van der Waals surface area contributed by atoms with Gasteiger partial charge in [0.05, 0.1) is 0 Å². The highest BCUT2D eigenvalue weighted by Gasteiger charge is 2.37. The maximum Gasteiger partial charge on any atom is 0.500 e. The van der Waals surface area contributed by atoms with E-state index in [1.54, 1.807) is 21.3 Å². The van der Waals surface area contributed by atoms with Gasteiger partial charge in [-0.25, -0.2) is 0 Å². The van der Waals surface area contributed by atoms with Crippen molar-refractivity contribution in [2.24, 2.45) is 4.99 Å². The molecule has 2 heterocycles. The number of nitrogens with zero attached hydrogens (tertiary/aromatic N) is 3. The van der Waals surface area contributed by atoms with Crippen molar-refractivity contribution in [2.45, 2.75) is 25.3 Å². The molecule has 0 aromatic heterocycles. The van der Waals surface area contributed by atoms with Crippen LogP contribution in [0.25, 0.3) is 0 Å². The highest BCUT2D eigenvalue weighted by molar-refractivity contribution is 6.60. The van der Waals surface area contributed by atoms with E-state index in [4.69, 9.17) is 18.3 Å². The van der Waals surface area contributed by atoms with Gasteiger partial charge in [0, 0.05) is 60.1 Å². The first-order valence-corrected chi connectivity index (χ1v) is 9.37. The lowest BCUT2D eigenvalue weighted by atomic mass is 10.2. The van der Waals surface area contributed by atoms with Gasteiger partial charge < -0.3 is 23.1 Å². The van der Waals surface area contributed by atoms with Gasteiger partial charge in [-0.1, -0.05) is 0 Å². The summed E-state index contributed by atoms with van der Waals surface area (Å²) < 4.78 is 16.4. The summed E-state index contributed by atoms with van der Waals surface area (Å²) in [6.07, 6.45) is 3.42. The largest absolute Gasteiger partial charge is 0.500 e. The van der Waals surface area contributed by atoms with Crippen LogP contribution in [0.4, 0.5) is 0 Å². The van der Waals surface area contributed by atoms with E-state index >= 15 is 0 Å². The molecule has 0 aliphatic carbocycles. The number of fused-ring (bicyclic) bond motifs is 1. The minimum atomic E-state index is -2.43. The highest BCUT2D eigenvalue weighted by Crippen LogP contribution is 2.18. The predicted octanol–water partition coefficient (Wildman–Crippen LogP) is 1.02. The zero-order valence-corrected chi connectivity index (χ0v) is 13.9. The molecule has 1 fully saturated rings. The monoisotopic (exact) mass is 301 g/mol. The summed E-state index contributed by atoms with van der Waals surface area (Å²) in [7, 11) is 2.60. The second-order valence-electron chi connectivity index (χ2n) is 5.26. The first-order valence-electron chi connectivity index (χ1n) is 7.44. The van der Waals surface area contributed by atoms with Crippen molar-refractivity contribution in [1.29, 1.82) is 0 Å². The lowest BCUT2D eigenvalue weighted by Crippen LogP contribution is -2.53. The molecule has 7 heteroatoms. The van der Waals surface area contributed by atoms with Gasteiger partial charge in [-0.05, 0) is 19.3 Å². The van der Waals surface area contributed by atoms with Gasteiger partial charge in [0.15, 0.2) is 5.96 Å². The van der Waals surface area contributed by atoms with E-state index in [1.165, 1.54) is 18.8 Å². The Morgan fingerprint density at radius 1 is 1.05 bits per heavy atom. The Bertz CT molecular complexity index is 329. The van der Waals surface area contributed by atoms with Crippen molar-refractivity contribution in [3.05, 3.63) is 0 Å². The summed E-state index contributed by atoms with van der Waals surface area (Å²) in [6.45, 7) is 5.39. The van der Waals surface area contributed by atoms with Gasteiger partial charge in [-0.15, -0.1) is 0 Å². The van der Waals surface area contributed by atoms with E-state index in [2.05, 4.69) is 9.80 Å². The lowest BCUT2D eigenvalue weighted by molar-refractivity contribution is 0.121. The predicted molar refractivity (Wildman–Crippen MR) is 80.9 cm³/mol. The molecule has 0 saturated carbocycles. The molecule has 0 bridgehead atoms. The Morgan fingerprint density at radius 3 is 2.45 bits per heavy atom. The summed E-state index contributed by atoms with van der Waals surface area (Å²) >= 11 is 0. The first-order chi connectivity index (χ1) is 9.74. The highest BCUT2D eigenvalue weighted by atomic mass is 28.4. The molecular formula is C13H27N3O3Si. The normalized spacial score (nSPS) is 19.9. The van der Waals surface area contributed by atoms with E-state index < -0.39 is 8.80 Å². The van der Waals surface area contributed by atoms with Gasteiger partial charge in [0.2, 0.25) is 0 Å². The number of guanidine groups is 1. The fourth-order valence-corrected chi connectivity index (χ4v) is 4.66. The average Bonchev–Trinajstić information content (AvgIpc) is 2.52. The van der Waals surface area contributed by atoms with E-state index in [9.17, 15) is 0 Å². The van der Waals surface area contributed by atoms with Crippen molar-refractivity contribution < 1.29 is 13.3 Å². The van der Waals surface area contributed by atoms with Gasteiger partial charge in [-0.3, -0.25) is 4.99 Å². The fraction of sp³-hybridized carbons (Fsp3) is 0.923. The molecule has 0 N–H and O–H groups in total. The van der Waals surface area contributed by atoms with Crippen LogP contribution in [0.3, 0.4) is 0 Å². The van der Waals surface area contributed by atoms with Gasteiger partial charge in [0.1, 0.15) is 0 Å². The SMILES string of the molecule is CO[Si](CCCN1CCCN2CCCN=C21)(OC)OC. The van der Waals surface area contributed by atoms with Crippen LogP contribution in [-0.4, -0.2) is 78.6 Å². The molecule has 0 radical (unpaired) electrons. The van der Waals surface area contributed by atoms with E-state index in [1.807, 2.05) is 0 Å².